The summed E-state index contributed by atoms with van der Waals surface area (Å²) in [6.45, 7) is 6.93. The third kappa shape index (κ3) is 6.24. The van der Waals surface area contributed by atoms with Crippen LogP contribution >= 0.6 is 0 Å². The lowest BCUT2D eigenvalue weighted by atomic mass is 10.00. The van der Waals surface area contributed by atoms with Gasteiger partial charge in [-0.05, 0) is 51.3 Å². The average Bonchev–Trinajstić information content (AvgIpc) is 2.54. The van der Waals surface area contributed by atoms with Crippen molar-refractivity contribution in [2.24, 2.45) is 0 Å². The predicted octanol–water partition coefficient (Wildman–Crippen LogP) is 3.07. The quantitative estimate of drug-likeness (QED) is 0.741. The molecule has 23 heavy (non-hydrogen) atoms. The zero-order chi connectivity index (χ0) is 16.7. The average molecular weight is 339 g/mol. The fourth-order valence-corrected chi connectivity index (χ4v) is 4.47. The van der Waals surface area contributed by atoms with Gasteiger partial charge in [0.1, 0.15) is 0 Å². The minimum absolute atomic E-state index is 0.0641. The number of nitrogens with zero attached hydrogens (tertiary/aromatic N) is 1. The van der Waals surface area contributed by atoms with Crippen molar-refractivity contribution in [1.29, 1.82) is 0 Å². The lowest BCUT2D eigenvalue weighted by Crippen LogP contribution is -2.40. The van der Waals surface area contributed by atoms with Crippen LogP contribution in [0.5, 0.6) is 0 Å². The maximum atomic E-state index is 12.1. The maximum Gasteiger partial charge on any atom is 0.215 e. The number of nitrogens with one attached hydrogen (secondary N) is 1. The molecule has 1 aliphatic heterocycles. The molecule has 0 saturated carbocycles. The first-order valence-electron chi connectivity index (χ1n) is 8.77. The van der Waals surface area contributed by atoms with E-state index >= 15 is 0 Å². The van der Waals surface area contributed by atoms with Crippen LogP contribution in [0.3, 0.4) is 0 Å². The van der Waals surface area contributed by atoms with Crippen molar-refractivity contribution in [2.45, 2.75) is 57.7 Å². The van der Waals surface area contributed by atoms with Crippen LogP contribution in [0, 0.1) is 6.92 Å². The van der Waals surface area contributed by atoms with Gasteiger partial charge in [0.05, 0.1) is 5.75 Å². The summed E-state index contributed by atoms with van der Waals surface area (Å²) >= 11 is 0. The van der Waals surface area contributed by atoms with Crippen LogP contribution in [0.15, 0.2) is 24.3 Å². The van der Waals surface area contributed by atoms with Crippen LogP contribution in [0.1, 0.15) is 50.2 Å². The number of likely N-dealkylation sites (tertiary alicyclic amines) is 1. The molecule has 1 heterocycles. The molecular weight excluding hydrogens is 308 g/mol. The monoisotopic (exact) mass is 338 g/mol. The molecule has 0 amide bonds. The molecule has 1 atom stereocenters. The second-order valence-electron chi connectivity index (χ2n) is 6.59. The van der Waals surface area contributed by atoms with E-state index in [0.29, 0.717) is 12.6 Å². The number of hydrogen-bond acceptors (Lipinski definition) is 3. The third-order valence-electron chi connectivity index (χ3n) is 4.64. The van der Waals surface area contributed by atoms with Crippen molar-refractivity contribution in [3.8, 4) is 0 Å². The van der Waals surface area contributed by atoms with E-state index < -0.39 is 10.0 Å². The van der Waals surface area contributed by atoms with Gasteiger partial charge in [-0.2, -0.15) is 0 Å². The first kappa shape index (κ1) is 18.4. The highest BCUT2D eigenvalue weighted by Crippen LogP contribution is 2.19. The Morgan fingerprint density at radius 3 is 2.65 bits per heavy atom. The molecule has 0 spiro atoms. The Hall–Kier alpha value is -0.910. The summed E-state index contributed by atoms with van der Waals surface area (Å²) in [5, 5.41) is 0. The molecule has 0 aliphatic carbocycles. The molecule has 1 aromatic rings. The van der Waals surface area contributed by atoms with Gasteiger partial charge in [0.25, 0.3) is 0 Å². The fraction of sp³-hybridized carbons (Fsp3) is 0.667. The molecule has 0 bridgehead atoms. The molecular formula is C18H30N2O2S. The van der Waals surface area contributed by atoms with Gasteiger partial charge < -0.3 is 4.90 Å². The maximum absolute atomic E-state index is 12.1. The highest BCUT2D eigenvalue weighted by Gasteiger charge is 2.20. The van der Waals surface area contributed by atoms with Gasteiger partial charge in [-0.1, -0.05) is 43.2 Å². The van der Waals surface area contributed by atoms with E-state index in [1.807, 2.05) is 31.2 Å². The zero-order valence-electron chi connectivity index (χ0n) is 14.4. The molecule has 2 rings (SSSR count). The number of hydrogen-bond donors (Lipinski definition) is 1. The first-order chi connectivity index (χ1) is 11.0. The molecule has 4 nitrogen and oxygen atoms in total. The van der Waals surface area contributed by atoms with E-state index in [0.717, 1.165) is 30.6 Å². The Balaban J connectivity index is 1.73. The summed E-state index contributed by atoms with van der Waals surface area (Å²) < 4.78 is 27.0. The van der Waals surface area contributed by atoms with Crippen molar-refractivity contribution in [3.05, 3.63) is 35.4 Å². The topological polar surface area (TPSA) is 49.4 Å². The normalized spacial score (nSPS) is 19.8. The van der Waals surface area contributed by atoms with Crippen LogP contribution in [0.25, 0.3) is 0 Å². The van der Waals surface area contributed by atoms with Gasteiger partial charge >= 0.3 is 0 Å². The van der Waals surface area contributed by atoms with Crippen molar-refractivity contribution < 1.29 is 8.42 Å². The van der Waals surface area contributed by atoms with E-state index in [1.54, 1.807) is 0 Å². The van der Waals surface area contributed by atoms with Crippen molar-refractivity contribution in [3.63, 3.8) is 0 Å². The Morgan fingerprint density at radius 2 is 1.96 bits per heavy atom. The van der Waals surface area contributed by atoms with Crippen LogP contribution in [0.4, 0.5) is 0 Å². The van der Waals surface area contributed by atoms with Crippen molar-refractivity contribution in [2.75, 3.05) is 19.6 Å². The smallest absolute Gasteiger partial charge is 0.215 e. The van der Waals surface area contributed by atoms with Gasteiger partial charge in [0.2, 0.25) is 10.0 Å². The minimum atomic E-state index is -3.24. The Bertz CT molecular complexity index is 569. The molecule has 1 fully saturated rings. The van der Waals surface area contributed by atoms with E-state index in [-0.39, 0.29) is 5.75 Å². The SMILES string of the molecule is CCC1CCCCN1CCCNS(=O)(=O)Cc1ccc(C)cc1. The van der Waals surface area contributed by atoms with Gasteiger partial charge in [0.15, 0.2) is 0 Å². The number of benzene rings is 1. The van der Waals surface area contributed by atoms with E-state index in [4.69, 9.17) is 0 Å². The number of rotatable bonds is 8. The second kappa shape index (κ2) is 8.81. The largest absolute Gasteiger partial charge is 0.300 e. The van der Waals surface area contributed by atoms with Gasteiger partial charge in [-0.3, -0.25) is 0 Å². The van der Waals surface area contributed by atoms with Crippen LogP contribution < -0.4 is 4.72 Å². The highest BCUT2D eigenvalue weighted by atomic mass is 32.2. The summed E-state index contributed by atoms with van der Waals surface area (Å²) in [6.07, 6.45) is 5.96. The predicted molar refractivity (Wildman–Crippen MR) is 95.9 cm³/mol. The molecule has 1 saturated heterocycles. The Morgan fingerprint density at radius 1 is 1.22 bits per heavy atom. The highest BCUT2D eigenvalue weighted by molar-refractivity contribution is 7.88. The van der Waals surface area contributed by atoms with Gasteiger partial charge in [-0.25, -0.2) is 13.1 Å². The fourth-order valence-electron chi connectivity index (χ4n) is 3.28. The minimum Gasteiger partial charge on any atom is -0.300 e. The van der Waals surface area contributed by atoms with Gasteiger partial charge in [0, 0.05) is 12.6 Å². The molecule has 5 heteroatoms. The molecule has 1 N–H and O–H groups in total. The first-order valence-corrected chi connectivity index (χ1v) is 10.4. The van der Waals surface area contributed by atoms with E-state index in [1.165, 1.54) is 25.7 Å². The molecule has 130 valence electrons. The lowest BCUT2D eigenvalue weighted by Gasteiger charge is -2.35. The second-order valence-corrected chi connectivity index (χ2v) is 8.39. The molecule has 1 aliphatic rings. The van der Waals surface area contributed by atoms with Gasteiger partial charge in [-0.15, -0.1) is 0 Å². The Labute approximate surface area is 141 Å². The Kier molecular flexibility index (Phi) is 7.06. The van der Waals surface area contributed by atoms with E-state index in [9.17, 15) is 8.42 Å². The summed E-state index contributed by atoms with van der Waals surface area (Å²) in [5.74, 6) is 0.0641. The number of piperidine rings is 1. The summed E-state index contributed by atoms with van der Waals surface area (Å²) in [4.78, 5) is 2.53. The lowest BCUT2D eigenvalue weighted by molar-refractivity contribution is 0.143. The summed E-state index contributed by atoms with van der Waals surface area (Å²) in [7, 11) is -3.24. The number of aryl methyl sites for hydroxylation is 1. The van der Waals surface area contributed by atoms with Crippen molar-refractivity contribution >= 4 is 10.0 Å². The zero-order valence-corrected chi connectivity index (χ0v) is 15.2. The van der Waals surface area contributed by atoms with Crippen LogP contribution in [-0.4, -0.2) is 39.0 Å². The van der Waals surface area contributed by atoms with Crippen LogP contribution in [0.2, 0.25) is 0 Å². The number of sulfonamides is 1. The molecule has 0 aromatic heterocycles. The summed E-state index contributed by atoms with van der Waals surface area (Å²) in [6, 6.07) is 8.36. The third-order valence-corrected chi connectivity index (χ3v) is 6.00. The molecule has 1 aromatic carbocycles. The summed E-state index contributed by atoms with van der Waals surface area (Å²) in [5.41, 5.74) is 1.98. The van der Waals surface area contributed by atoms with Crippen LogP contribution in [-0.2, 0) is 15.8 Å². The standard InChI is InChI=1S/C18H30N2O2S/c1-3-18-7-4-5-13-20(18)14-6-12-19-23(21,22)15-17-10-8-16(2)9-11-17/h8-11,18-19H,3-7,12-15H2,1-2H3. The molecule has 0 radical (unpaired) electrons. The van der Waals surface area contributed by atoms with Crippen molar-refractivity contribution in [1.82, 2.24) is 9.62 Å². The van der Waals surface area contributed by atoms with E-state index in [2.05, 4.69) is 16.5 Å². The molecule has 1 unspecified atom stereocenters.